The van der Waals surface area contributed by atoms with Crippen LogP contribution in [0.4, 0.5) is 55.9 Å². The van der Waals surface area contributed by atoms with Crippen molar-refractivity contribution in [2.75, 3.05) is 23.5 Å². The van der Waals surface area contributed by atoms with Gasteiger partial charge in [0.05, 0.1) is 48.1 Å². The van der Waals surface area contributed by atoms with E-state index in [0.29, 0.717) is 18.2 Å². The Labute approximate surface area is 273 Å². The van der Waals surface area contributed by atoms with Gasteiger partial charge in [0.2, 0.25) is 0 Å². The number of rotatable bonds is 8. The van der Waals surface area contributed by atoms with Crippen LogP contribution in [0.5, 0.6) is 0 Å². The molecule has 4 rings (SSSR count). The number of esters is 1. The third-order valence-electron chi connectivity index (χ3n) is 7.72. The van der Waals surface area contributed by atoms with Gasteiger partial charge in [0, 0.05) is 12.6 Å². The van der Waals surface area contributed by atoms with Gasteiger partial charge in [-0.3, -0.25) is 9.69 Å². The summed E-state index contributed by atoms with van der Waals surface area (Å²) in [4.78, 5) is 32.5. The molecule has 0 aliphatic carbocycles. The molecule has 0 spiro atoms. The van der Waals surface area contributed by atoms with E-state index < -0.39 is 89.3 Å². The summed E-state index contributed by atoms with van der Waals surface area (Å²) in [6.07, 6.45) is -16.5. The number of amides is 1. The van der Waals surface area contributed by atoms with Crippen LogP contribution in [0.15, 0.2) is 30.3 Å². The minimum Gasteiger partial charge on any atom is -0.469 e. The van der Waals surface area contributed by atoms with Crippen LogP contribution >= 0.6 is 0 Å². The van der Waals surface area contributed by atoms with E-state index in [1.165, 1.54) is 20.9 Å². The highest BCUT2D eigenvalue weighted by Gasteiger charge is 2.44. The Morgan fingerprint density at radius 1 is 0.959 bits per heavy atom. The van der Waals surface area contributed by atoms with Gasteiger partial charge in [-0.25, -0.2) is 9.78 Å². The Bertz CT molecular complexity index is 1660. The summed E-state index contributed by atoms with van der Waals surface area (Å²) in [5.74, 6) is -1.06. The summed E-state index contributed by atoms with van der Waals surface area (Å²) in [6.45, 7) is 3.26. The molecule has 0 fully saturated rings. The largest absolute Gasteiger partial charge is 0.469 e. The molecule has 1 aromatic carbocycles. The quantitative estimate of drug-likeness (QED) is 0.185. The molecule has 1 amide bonds. The number of ether oxygens (including phenoxy) is 2. The number of pyridine rings is 1. The second kappa shape index (κ2) is 13.3. The number of alkyl halides is 9. The number of hydrogen-bond acceptors (Lipinski definition) is 9. The lowest BCUT2D eigenvalue weighted by atomic mass is 9.91. The molecule has 49 heavy (non-hydrogen) atoms. The van der Waals surface area contributed by atoms with Crippen molar-refractivity contribution in [3.63, 3.8) is 0 Å². The number of carbonyl (C=O) groups is 2. The van der Waals surface area contributed by atoms with E-state index in [4.69, 9.17) is 9.47 Å². The number of carbonyl (C=O) groups excluding carboxylic acids is 2. The van der Waals surface area contributed by atoms with E-state index in [9.17, 15) is 49.1 Å². The van der Waals surface area contributed by atoms with Crippen LogP contribution in [0.3, 0.4) is 0 Å². The molecule has 1 aliphatic heterocycles. The molecule has 0 saturated carbocycles. The molecule has 20 heteroatoms. The molecular formula is C29H30F9N7O4. The number of halogens is 9. The van der Waals surface area contributed by atoms with Crippen LogP contribution in [-0.4, -0.2) is 57.0 Å². The van der Waals surface area contributed by atoms with Crippen LogP contribution in [-0.2, 0) is 46.4 Å². The third kappa shape index (κ3) is 8.15. The number of anilines is 2. The predicted octanol–water partition coefficient (Wildman–Crippen LogP) is 6.73. The lowest BCUT2D eigenvalue weighted by Crippen LogP contribution is -2.49. The van der Waals surface area contributed by atoms with Gasteiger partial charge in [0.1, 0.15) is 12.3 Å². The first-order valence-electron chi connectivity index (χ1n) is 14.5. The molecule has 2 unspecified atom stereocenters. The van der Waals surface area contributed by atoms with Crippen LogP contribution in [0, 0.1) is 5.41 Å². The lowest BCUT2D eigenvalue weighted by molar-refractivity contribution is -0.153. The summed E-state index contributed by atoms with van der Waals surface area (Å²) in [7, 11) is 2.45. The first kappa shape index (κ1) is 37.2. The van der Waals surface area contributed by atoms with Gasteiger partial charge in [-0.2, -0.15) is 44.3 Å². The zero-order valence-corrected chi connectivity index (χ0v) is 26.5. The molecule has 3 heterocycles. The van der Waals surface area contributed by atoms with E-state index in [0.717, 1.165) is 27.8 Å². The number of nitrogens with zero attached hydrogens (tertiary/aromatic N) is 7. The number of methoxy groups -OCH3 is 1. The molecule has 11 nitrogen and oxygen atoms in total. The lowest BCUT2D eigenvalue weighted by Gasteiger charge is -2.43. The van der Waals surface area contributed by atoms with Crippen LogP contribution in [0.25, 0.3) is 0 Å². The minimum atomic E-state index is -5.18. The van der Waals surface area contributed by atoms with Crippen molar-refractivity contribution in [2.24, 2.45) is 12.5 Å². The maximum absolute atomic E-state index is 14.0. The van der Waals surface area contributed by atoms with Gasteiger partial charge >= 0.3 is 30.6 Å². The average Bonchev–Trinajstić information content (AvgIpc) is 3.45. The van der Waals surface area contributed by atoms with Gasteiger partial charge in [-0.15, -0.1) is 5.10 Å². The second-order valence-corrected chi connectivity index (χ2v) is 11.8. The van der Waals surface area contributed by atoms with E-state index in [2.05, 4.69) is 20.4 Å². The molecule has 3 aromatic rings. The van der Waals surface area contributed by atoms with Gasteiger partial charge in [0.25, 0.3) is 5.95 Å². The number of fused-ring (bicyclic) bond motifs is 1. The molecule has 0 bridgehead atoms. The van der Waals surface area contributed by atoms with E-state index >= 15 is 0 Å². The van der Waals surface area contributed by atoms with Gasteiger partial charge in [-0.1, -0.05) is 12.0 Å². The first-order valence-corrected chi connectivity index (χ1v) is 14.5. The summed E-state index contributed by atoms with van der Waals surface area (Å²) < 4.78 is 134. The monoisotopic (exact) mass is 711 g/mol. The summed E-state index contributed by atoms with van der Waals surface area (Å²) >= 11 is 0. The maximum atomic E-state index is 14.0. The van der Waals surface area contributed by atoms with E-state index in [-0.39, 0.29) is 30.5 Å². The highest BCUT2D eigenvalue weighted by Crippen LogP contribution is 2.45. The minimum absolute atomic E-state index is 0.0560. The fraction of sp³-hybridized carbons (Fsp3) is 0.517. The summed E-state index contributed by atoms with van der Waals surface area (Å²) in [5.41, 5.74) is -7.05. The fourth-order valence-electron chi connectivity index (χ4n) is 5.28. The first-order chi connectivity index (χ1) is 22.6. The number of hydrogen-bond donors (Lipinski definition) is 0. The second-order valence-electron chi connectivity index (χ2n) is 11.8. The topological polar surface area (TPSA) is 116 Å². The zero-order valence-electron chi connectivity index (χ0n) is 26.5. The van der Waals surface area contributed by atoms with E-state index in [1.807, 2.05) is 0 Å². The Morgan fingerprint density at radius 2 is 1.57 bits per heavy atom. The van der Waals surface area contributed by atoms with Crippen molar-refractivity contribution < 1.29 is 58.6 Å². The van der Waals surface area contributed by atoms with Crippen molar-refractivity contribution in [3.8, 4) is 0 Å². The van der Waals surface area contributed by atoms with Crippen molar-refractivity contribution >= 4 is 23.7 Å². The highest BCUT2D eigenvalue weighted by atomic mass is 19.4. The van der Waals surface area contributed by atoms with Crippen LogP contribution in [0.1, 0.15) is 67.7 Å². The molecule has 0 saturated heterocycles. The normalized spacial score (nSPS) is 17.1. The molecule has 1 aliphatic rings. The van der Waals surface area contributed by atoms with Crippen molar-refractivity contribution in [1.82, 2.24) is 25.2 Å². The highest BCUT2D eigenvalue weighted by molar-refractivity contribution is 5.90. The fourth-order valence-corrected chi connectivity index (χ4v) is 5.28. The predicted molar refractivity (Wildman–Crippen MR) is 152 cm³/mol. The number of aromatic nitrogens is 5. The molecular weight excluding hydrogens is 681 g/mol. The van der Waals surface area contributed by atoms with Gasteiger partial charge < -0.3 is 14.4 Å². The standard InChI is InChI=1S/C29H30F9N7O4/c1-6-18-12-20(22-19(7-8-21(39-22)29(36,37)38)45(18)25(47)49-14-26(2,3)23(46)48-5)44(24-40-42-43(4)41-24)13-15-9-16(27(30,31)32)11-17(10-15)28(33,34)35/h7-11,18,20H,6,12-14H2,1-5H3. The van der Waals surface area contributed by atoms with Gasteiger partial charge in [0.15, 0.2) is 0 Å². The Balaban J connectivity index is 1.88. The van der Waals surface area contributed by atoms with Crippen molar-refractivity contribution in [1.29, 1.82) is 0 Å². The Kier molecular flexibility index (Phi) is 10.1. The Hall–Kier alpha value is -4.65. The molecule has 2 atom stereocenters. The van der Waals surface area contributed by atoms with Crippen molar-refractivity contribution in [3.05, 3.63) is 58.4 Å². The molecule has 268 valence electrons. The maximum Gasteiger partial charge on any atom is 0.433 e. The third-order valence-corrected chi connectivity index (χ3v) is 7.72. The van der Waals surface area contributed by atoms with Crippen LogP contribution in [0.2, 0.25) is 0 Å². The summed E-state index contributed by atoms with van der Waals surface area (Å²) in [5, 5.41) is 11.6. The Morgan fingerprint density at radius 3 is 2.06 bits per heavy atom. The number of benzene rings is 1. The van der Waals surface area contributed by atoms with Crippen molar-refractivity contribution in [2.45, 2.75) is 70.8 Å². The van der Waals surface area contributed by atoms with E-state index in [1.54, 1.807) is 6.92 Å². The number of tetrazole rings is 1. The molecule has 2 aromatic heterocycles. The molecule has 0 radical (unpaired) electrons. The zero-order chi connectivity index (χ0) is 36.7. The molecule has 0 N–H and O–H groups in total. The number of aryl methyl sites for hydroxylation is 1. The van der Waals surface area contributed by atoms with Gasteiger partial charge in [-0.05, 0) is 67.8 Å². The smallest absolute Gasteiger partial charge is 0.433 e. The van der Waals surface area contributed by atoms with Crippen LogP contribution < -0.4 is 9.80 Å². The summed E-state index contributed by atoms with van der Waals surface area (Å²) in [6, 6.07) is 0.264. The average molecular weight is 712 g/mol. The SMILES string of the molecule is CCC1CC(N(Cc2cc(C(F)(F)F)cc(C(F)(F)F)c2)c2nnn(C)n2)c2nc(C(F)(F)F)ccc2N1C(=O)OCC(C)(C)C(=O)OC.